The number of nitrogens with two attached hydrogens (primary N) is 1. The van der Waals surface area contributed by atoms with E-state index in [4.69, 9.17) is 22.1 Å². The molecule has 0 saturated heterocycles. The van der Waals surface area contributed by atoms with Crippen molar-refractivity contribution in [1.29, 1.82) is 0 Å². The van der Waals surface area contributed by atoms with Crippen LogP contribution in [-0.2, 0) is 4.74 Å². The number of carbonyl (C=O) groups is 2. The topological polar surface area (TPSA) is 93.5 Å². The number of nitrogens with one attached hydrogen (secondary N) is 2. The Morgan fingerprint density at radius 3 is 2.48 bits per heavy atom. The van der Waals surface area contributed by atoms with Crippen molar-refractivity contribution in [2.45, 2.75) is 26.4 Å². The molecular formula is C14H20ClN3O3. The molecule has 4 N–H and O–H groups in total. The average molecular weight is 314 g/mol. The Bertz CT molecular complexity index is 527. The Kier molecular flexibility index (Phi) is 5.84. The van der Waals surface area contributed by atoms with Crippen LogP contribution in [0.1, 0.15) is 31.1 Å². The first-order valence-electron chi connectivity index (χ1n) is 6.50. The number of ether oxygens (including phenoxy) is 1. The Labute approximate surface area is 129 Å². The van der Waals surface area contributed by atoms with Gasteiger partial charge in [-0.2, -0.15) is 0 Å². The van der Waals surface area contributed by atoms with Crippen molar-refractivity contribution in [2.75, 3.05) is 18.8 Å². The molecule has 1 aromatic carbocycles. The minimum Gasteiger partial charge on any atom is -0.444 e. The van der Waals surface area contributed by atoms with Gasteiger partial charge in [-0.15, -0.1) is 0 Å². The van der Waals surface area contributed by atoms with Gasteiger partial charge in [-0.1, -0.05) is 17.7 Å². The monoisotopic (exact) mass is 313 g/mol. The number of amides is 2. The maximum Gasteiger partial charge on any atom is 0.407 e. The van der Waals surface area contributed by atoms with Crippen molar-refractivity contribution in [3.63, 3.8) is 0 Å². The minimum atomic E-state index is -0.553. The number of hydrogen-bond donors (Lipinski definition) is 3. The summed E-state index contributed by atoms with van der Waals surface area (Å²) in [7, 11) is 0. The third-order valence-corrected chi connectivity index (χ3v) is 2.71. The summed E-state index contributed by atoms with van der Waals surface area (Å²) in [6.45, 7) is 5.83. The van der Waals surface area contributed by atoms with Gasteiger partial charge in [-0.05, 0) is 32.9 Å². The molecule has 0 aliphatic rings. The number of nitrogen functional groups attached to an aromatic ring is 1. The summed E-state index contributed by atoms with van der Waals surface area (Å²) in [4.78, 5) is 23.3. The Morgan fingerprint density at radius 2 is 1.86 bits per heavy atom. The van der Waals surface area contributed by atoms with Crippen LogP contribution in [-0.4, -0.2) is 30.7 Å². The highest BCUT2D eigenvalue weighted by atomic mass is 35.5. The highest BCUT2D eigenvalue weighted by molar-refractivity contribution is 6.33. The van der Waals surface area contributed by atoms with E-state index < -0.39 is 11.7 Å². The number of benzene rings is 1. The molecule has 0 fully saturated rings. The van der Waals surface area contributed by atoms with E-state index in [9.17, 15) is 9.59 Å². The van der Waals surface area contributed by atoms with Crippen LogP contribution in [0.25, 0.3) is 0 Å². The van der Waals surface area contributed by atoms with E-state index in [0.717, 1.165) is 0 Å². The highest BCUT2D eigenvalue weighted by Gasteiger charge is 2.16. The lowest BCUT2D eigenvalue weighted by Crippen LogP contribution is -2.38. The zero-order chi connectivity index (χ0) is 16.0. The number of anilines is 1. The normalized spacial score (nSPS) is 10.9. The van der Waals surface area contributed by atoms with Crippen LogP contribution in [0.3, 0.4) is 0 Å². The molecule has 0 unspecified atom stereocenters. The van der Waals surface area contributed by atoms with Gasteiger partial charge in [0.25, 0.3) is 5.91 Å². The fourth-order valence-electron chi connectivity index (χ4n) is 1.49. The minimum absolute atomic E-state index is 0.233. The van der Waals surface area contributed by atoms with E-state index in [1.54, 1.807) is 39.0 Å². The molecule has 0 aliphatic carbocycles. The van der Waals surface area contributed by atoms with E-state index in [1.807, 2.05) is 0 Å². The number of hydrogen-bond acceptors (Lipinski definition) is 4. The molecule has 1 rings (SSSR count). The molecule has 0 heterocycles. The number of carbonyl (C=O) groups excluding carboxylic acids is 2. The molecule has 21 heavy (non-hydrogen) atoms. The smallest absolute Gasteiger partial charge is 0.407 e. The number of halogens is 1. The van der Waals surface area contributed by atoms with E-state index >= 15 is 0 Å². The lowest BCUT2D eigenvalue weighted by molar-refractivity contribution is 0.0526. The summed E-state index contributed by atoms with van der Waals surface area (Å²) in [6, 6.07) is 4.84. The van der Waals surface area contributed by atoms with Crippen molar-refractivity contribution in [3.05, 3.63) is 28.8 Å². The summed E-state index contributed by atoms with van der Waals surface area (Å²) in [5, 5.41) is 5.50. The van der Waals surface area contributed by atoms with Crippen molar-refractivity contribution in [3.8, 4) is 0 Å². The van der Waals surface area contributed by atoms with Gasteiger partial charge in [0.15, 0.2) is 0 Å². The van der Waals surface area contributed by atoms with E-state index in [2.05, 4.69) is 10.6 Å². The quantitative estimate of drug-likeness (QED) is 0.586. The van der Waals surface area contributed by atoms with Crippen LogP contribution in [0, 0.1) is 0 Å². The van der Waals surface area contributed by atoms with Crippen LogP contribution in [0.2, 0.25) is 5.02 Å². The first-order valence-corrected chi connectivity index (χ1v) is 6.87. The van der Waals surface area contributed by atoms with Crippen LogP contribution in [0.15, 0.2) is 18.2 Å². The van der Waals surface area contributed by atoms with Crippen LogP contribution < -0.4 is 16.4 Å². The lowest BCUT2D eigenvalue weighted by Gasteiger charge is -2.19. The second-order valence-electron chi connectivity index (χ2n) is 5.39. The summed E-state index contributed by atoms with van der Waals surface area (Å²) >= 11 is 5.84. The second-order valence-corrected chi connectivity index (χ2v) is 5.79. The Hall–Kier alpha value is -1.95. The number of alkyl carbamates (subject to hydrolysis) is 1. The van der Waals surface area contributed by atoms with Crippen molar-refractivity contribution in [1.82, 2.24) is 10.6 Å². The van der Waals surface area contributed by atoms with Gasteiger partial charge in [-0.3, -0.25) is 4.79 Å². The standard InChI is InChI=1S/C14H20ClN3O3/c1-14(2,3)21-13(20)18-8-7-17-12(19)9-5-4-6-10(15)11(9)16/h4-6H,7-8,16H2,1-3H3,(H,17,19)(H,18,20). The predicted molar refractivity (Wildman–Crippen MR) is 82.4 cm³/mol. The summed E-state index contributed by atoms with van der Waals surface area (Å²) in [5.74, 6) is -0.346. The number of para-hydroxylation sites is 1. The molecule has 0 atom stereocenters. The molecule has 0 bridgehead atoms. The molecular weight excluding hydrogens is 294 g/mol. The van der Waals surface area contributed by atoms with Gasteiger partial charge in [-0.25, -0.2) is 4.79 Å². The molecule has 0 aliphatic heterocycles. The largest absolute Gasteiger partial charge is 0.444 e. The third kappa shape index (κ3) is 5.91. The average Bonchev–Trinajstić information content (AvgIpc) is 2.35. The molecule has 0 spiro atoms. The predicted octanol–water partition coefficient (Wildman–Crippen LogP) is 2.18. The van der Waals surface area contributed by atoms with E-state index in [0.29, 0.717) is 10.6 Å². The maximum absolute atomic E-state index is 11.9. The Balaban J connectivity index is 2.38. The van der Waals surface area contributed by atoms with Crippen LogP contribution in [0.5, 0.6) is 0 Å². The number of rotatable bonds is 4. The van der Waals surface area contributed by atoms with Crippen molar-refractivity contribution in [2.24, 2.45) is 0 Å². The van der Waals surface area contributed by atoms with Crippen LogP contribution >= 0.6 is 11.6 Å². The molecule has 0 radical (unpaired) electrons. The van der Waals surface area contributed by atoms with Crippen molar-refractivity contribution >= 4 is 29.3 Å². The van der Waals surface area contributed by atoms with Gasteiger partial charge >= 0.3 is 6.09 Å². The fraction of sp³-hybridized carbons (Fsp3) is 0.429. The lowest BCUT2D eigenvalue weighted by atomic mass is 10.1. The second kappa shape index (κ2) is 7.17. The van der Waals surface area contributed by atoms with Gasteiger partial charge in [0.1, 0.15) is 5.60 Å². The van der Waals surface area contributed by atoms with E-state index in [1.165, 1.54) is 0 Å². The summed E-state index contributed by atoms with van der Waals surface area (Å²) in [5.41, 5.74) is 5.71. The van der Waals surface area contributed by atoms with Crippen molar-refractivity contribution < 1.29 is 14.3 Å². The zero-order valence-corrected chi connectivity index (χ0v) is 13.1. The van der Waals surface area contributed by atoms with Gasteiger partial charge in [0.05, 0.1) is 16.3 Å². The van der Waals surface area contributed by atoms with E-state index in [-0.39, 0.29) is 24.7 Å². The summed E-state index contributed by atoms with van der Waals surface area (Å²) in [6.07, 6.45) is -0.529. The Morgan fingerprint density at radius 1 is 1.24 bits per heavy atom. The molecule has 0 saturated carbocycles. The first kappa shape index (κ1) is 17.1. The van der Waals surface area contributed by atoms with Gasteiger partial charge in [0.2, 0.25) is 0 Å². The molecule has 0 aromatic heterocycles. The molecule has 1 aromatic rings. The molecule has 7 heteroatoms. The highest BCUT2D eigenvalue weighted by Crippen LogP contribution is 2.21. The first-order chi connectivity index (χ1) is 9.70. The van der Waals surface area contributed by atoms with Crippen LogP contribution in [0.4, 0.5) is 10.5 Å². The maximum atomic E-state index is 11.9. The molecule has 6 nitrogen and oxygen atoms in total. The molecule has 116 valence electrons. The van der Waals surface area contributed by atoms with Gasteiger partial charge < -0.3 is 21.1 Å². The third-order valence-electron chi connectivity index (χ3n) is 2.38. The molecule has 2 amide bonds. The van der Waals surface area contributed by atoms with Gasteiger partial charge in [0, 0.05) is 13.1 Å². The fourth-order valence-corrected chi connectivity index (χ4v) is 1.66. The SMILES string of the molecule is CC(C)(C)OC(=O)NCCNC(=O)c1cccc(Cl)c1N. The summed E-state index contributed by atoms with van der Waals surface area (Å²) < 4.78 is 5.06. The zero-order valence-electron chi connectivity index (χ0n) is 12.3.